The van der Waals surface area contributed by atoms with E-state index in [1.54, 1.807) is 23.3 Å². The molecule has 0 N–H and O–H groups in total. The molecule has 1 atom stereocenters. The van der Waals surface area contributed by atoms with E-state index in [1.807, 2.05) is 18.4 Å². The molecule has 0 fully saturated rings. The third-order valence-corrected chi connectivity index (χ3v) is 3.62. The van der Waals surface area contributed by atoms with Crippen LogP contribution in [0.3, 0.4) is 0 Å². The SMILES string of the molecule is CCCC(C#N)C(=O)N(C)CCc1cccs1. The summed E-state index contributed by atoms with van der Waals surface area (Å²) in [7, 11) is 1.77. The minimum absolute atomic E-state index is 0.0501. The van der Waals surface area contributed by atoms with Gasteiger partial charge in [-0.15, -0.1) is 11.3 Å². The lowest BCUT2D eigenvalue weighted by atomic mass is 10.0. The van der Waals surface area contributed by atoms with E-state index >= 15 is 0 Å². The third kappa shape index (κ3) is 4.20. The van der Waals surface area contributed by atoms with Crippen molar-refractivity contribution in [2.24, 2.45) is 5.92 Å². The molecular formula is C13H18N2OS. The number of nitrogens with zero attached hydrogens (tertiary/aromatic N) is 2. The van der Waals surface area contributed by atoms with Gasteiger partial charge in [0.1, 0.15) is 5.92 Å². The van der Waals surface area contributed by atoms with Crippen molar-refractivity contribution >= 4 is 17.2 Å². The van der Waals surface area contributed by atoms with Gasteiger partial charge in [-0.2, -0.15) is 5.26 Å². The molecule has 1 unspecified atom stereocenters. The molecule has 0 aliphatic rings. The third-order valence-electron chi connectivity index (χ3n) is 2.68. The fraction of sp³-hybridized carbons (Fsp3) is 0.538. The number of amides is 1. The monoisotopic (exact) mass is 250 g/mol. The molecule has 1 heterocycles. The summed E-state index contributed by atoms with van der Waals surface area (Å²) in [6.07, 6.45) is 2.38. The van der Waals surface area contributed by atoms with Gasteiger partial charge in [-0.05, 0) is 24.3 Å². The van der Waals surface area contributed by atoms with Gasteiger partial charge in [-0.25, -0.2) is 0 Å². The van der Waals surface area contributed by atoms with Crippen molar-refractivity contribution in [3.8, 4) is 6.07 Å². The van der Waals surface area contributed by atoms with Crippen LogP contribution in [-0.2, 0) is 11.2 Å². The molecule has 1 aromatic heterocycles. The van der Waals surface area contributed by atoms with Crippen molar-refractivity contribution in [2.45, 2.75) is 26.2 Å². The Bertz CT molecular complexity index is 381. The molecule has 1 amide bonds. The Morgan fingerprint density at radius 3 is 2.94 bits per heavy atom. The van der Waals surface area contributed by atoms with E-state index in [2.05, 4.69) is 12.1 Å². The zero-order valence-corrected chi connectivity index (χ0v) is 11.2. The van der Waals surface area contributed by atoms with Gasteiger partial charge in [0.25, 0.3) is 0 Å². The van der Waals surface area contributed by atoms with Gasteiger partial charge in [0.2, 0.25) is 5.91 Å². The van der Waals surface area contributed by atoms with Gasteiger partial charge < -0.3 is 4.90 Å². The maximum atomic E-state index is 11.9. The lowest BCUT2D eigenvalue weighted by Crippen LogP contribution is -2.33. The molecule has 0 saturated heterocycles. The van der Waals surface area contributed by atoms with E-state index in [-0.39, 0.29) is 5.91 Å². The molecule has 0 spiro atoms. The Hall–Kier alpha value is -1.34. The van der Waals surface area contributed by atoms with E-state index in [4.69, 9.17) is 5.26 Å². The Morgan fingerprint density at radius 2 is 2.41 bits per heavy atom. The molecule has 17 heavy (non-hydrogen) atoms. The molecule has 3 nitrogen and oxygen atoms in total. The number of thiophene rings is 1. The predicted molar refractivity (Wildman–Crippen MR) is 69.7 cm³/mol. The van der Waals surface area contributed by atoms with Crippen LogP contribution in [0.25, 0.3) is 0 Å². The van der Waals surface area contributed by atoms with Crippen molar-refractivity contribution in [3.63, 3.8) is 0 Å². The van der Waals surface area contributed by atoms with E-state index in [0.29, 0.717) is 13.0 Å². The second-order valence-corrected chi connectivity index (χ2v) is 5.09. The van der Waals surface area contributed by atoms with Gasteiger partial charge in [0.05, 0.1) is 6.07 Å². The van der Waals surface area contributed by atoms with E-state index in [9.17, 15) is 4.79 Å². The van der Waals surface area contributed by atoms with Crippen LogP contribution < -0.4 is 0 Å². The number of hydrogen-bond acceptors (Lipinski definition) is 3. The first-order valence-corrected chi connectivity index (χ1v) is 6.74. The number of hydrogen-bond donors (Lipinski definition) is 0. The number of rotatable bonds is 6. The minimum atomic E-state index is -0.478. The largest absolute Gasteiger partial charge is 0.344 e. The molecule has 1 aromatic rings. The number of carbonyl (C=O) groups is 1. The Kier molecular flexibility index (Phi) is 5.71. The van der Waals surface area contributed by atoms with Crippen LogP contribution in [0.4, 0.5) is 0 Å². The Balaban J connectivity index is 2.43. The lowest BCUT2D eigenvalue weighted by molar-refractivity contribution is -0.132. The summed E-state index contributed by atoms with van der Waals surface area (Å²) in [5.74, 6) is -0.528. The fourth-order valence-electron chi connectivity index (χ4n) is 1.64. The molecule has 0 saturated carbocycles. The summed E-state index contributed by atoms with van der Waals surface area (Å²) in [6.45, 7) is 2.67. The Labute approximate surface area is 107 Å². The Morgan fingerprint density at radius 1 is 1.65 bits per heavy atom. The standard InChI is InChI=1S/C13H18N2OS/c1-3-5-11(10-14)13(16)15(2)8-7-12-6-4-9-17-12/h4,6,9,11H,3,5,7-8H2,1-2H3. The summed E-state index contributed by atoms with van der Waals surface area (Å²) in [6, 6.07) is 6.17. The summed E-state index contributed by atoms with van der Waals surface area (Å²) in [5, 5.41) is 11.0. The van der Waals surface area contributed by atoms with Crippen molar-refractivity contribution in [1.29, 1.82) is 5.26 Å². The van der Waals surface area contributed by atoms with Crippen molar-refractivity contribution in [1.82, 2.24) is 4.90 Å². The van der Waals surface area contributed by atoms with Gasteiger partial charge in [-0.3, -0.25) is 4.79 Å². The molecule has 0 aliphatic carbocycles. The van der Waals surface area contributed by atoms with Gasteiger partial charge in [0, 0.05) is 18.5 Å². The minimum Gasteiger partial charge on any atom is -0.344 e. The van der Waals surface area contributed by atoms with Crippen molar-refractivity contribution < 1.29 is 4.79 Å². The molecule has 0 bridgehead atoms. The van der Waals surface area contributed by atoms with Crippen LogP contribution in [0.2, 0.25) is 0 Å². The van der Waals surface area contributed by atoms with Crippen LogP contribution in [0, 0.1) is 17.2 Å². The van der Waals surface area contributed by atoms with Crippen LogP contribution in [0.1, 0.15) is 24.6 Å². The second-order valence-electron chi connectivity index (χ2n) is 4.06. The molecule has 0 aliphatic heterocycles. The van der Waals surface area contributed by atoms with Gasteiger partial charge >= 0.3 is 0 Å². The van der Waals surface area contributed by atoms with Crippen LogP contribution in [0.5, 0.6) is 0 Å². The molecular weight excluding hydrogens is 232 g/mol. The first kappa shape index (κ1) is 13.7. The molecule has 0 aromatic carbocycles. The van der Waals surface area contributed by atoms with Crippen molar-refractivity contribution in [3.05, 3.63) is 22.4 Å². The van der Waals surface area contributed by atoms with Crippen LogP contribution >= 0.6 is 11.3 Å². The zero-order valence-electron chi connectivity index (χ0n) is 10.3. The smallest absolute Gasteiger partial charge is 0.239 e. The average molecular weight is 250 g/mol. The topological polar surface area (TPSA) is 44.1 Å². The van der Waals surface area contributed by atoms with E-state index < -0.39 is 5.92 Å². The normalized spacial score (nSPS) is 11.8. The van der Waals surface area contributed by atoms with Gasteiger partial charge in [-0.1, -0.05) is 19.4 Å². The molecule has 0 radical (unpaired) electrons. The highest BCUT2D eigenvalue weighted by Crippen LogP contribution is 2.12. The summed E-state index contributed by atoms with van der Waals surface area (Å²) in [4.78, 5) is 14.9. The maximum Gasteiger partial charge on any atom is 0.239 e. The van der Waals surface area contributed by atoms with E-state index in [0.717, 1.165) is 12.8 Å². The summed E-state index contributed by atoms with van der Waals surface area (Å²) < 4.78 is 0. The predicted octanol–water partition coefficient (Wildman–Crippen LogP) is 2.69. The number of likely N-dealkylation sites (N-methyl/N-ethyl adjacent to an activating group) is 1. The van der Waals surface area contributed by atoms with Crippen molar-refractivity contribution in [2.75, 3.05) is 13.6 Å². The number of nitriles is 1. The highest BCUT2D eigenvalue weighted by atomic mass is 32.1. The molecule has 1 rings (SSSR count). The highest BCUT2D eigenvalue weighted by molar-refractivity contribution is 7.09. The zero-order chi connectivity index (χ0) is 12.7. The average Bonchev–Trinajstić information content (AvgIpc) is 2.85. The first-order chi connectivity index (χ1) is 8.19. The second kappa shape index (κ2) is 7.08. The fourth-order valence-corrected chi connectivity index (χ4v) is 2.34. The quantitative estimate of drug-likeness (QED) is 0.779. The first-order valence-electron chi connectivity index (χ1n) is 5.86. The lowest BCUT2D eigenvalue weighted by Gasteiger charge is -2.19. The molecule has 4 heteroatoms. The van der Waals surface area contributed by atoms with E-state index in [1.165, 1.54) is 4.88 Å². The van der Waals surface area contributed by atoms with Gasteiger partial charge in [0.15, 0.2) is 0 Å². The number of carbonyl (C=O) groups excluding carboxylic acids is 1. The molecule has 92 valence electrons. The van der Waals surface area contributed by atoms with Crippen LogP contribution in [0.15, 0.2) is 17.5 Å². The maximum absolute atomic E-state index is 11.9. The highest BCUT2D eigenvalue weighted by Gasteiger charge is 2.20. The van der Waals surface area contributed by atoms with Crippen LogP contribution in [-0.4, -0.2) is 24.4 Å². The summed E-state index contributed by atoms with van der Waals surface area (Å²) in [5.41, 5.74) is 0. The summed E-state index contributed by atoms with van der Waals surface area (Å²) >= 11 is 1.70.